The summed E-state index contributed by atoms with van der Waals surface area (Å²) in [5.41, 5.74) is 3.67. The Morgan fingerprint density at radius 3 is 2.60 bits per heavy atom. The molecule has 0 aromatic heterocycles. The number of hydrogen-bond donors (Lipinski definition) is 2. The first kappa shape index (κ1) is 7.47. The normalized spacial score (nSPS) is 40.0. The lowest BCUT2D eigenvalue weighted by atomic mass is 9.98. The molecule has 1 fully saturated rings. The van der Waals surface area contributed by atoms with Gasteiger partial charge in [0.15, 0.2) is 0 Å². The zero-order valence-corrected chi connectivity index (χ0v) is 5.51. The predicted molar refractivity (Wildman–Crippen MR) is 33.3 cm³/mol. The molecule has 1 aliphatic carbocycles. The van der Waals surface area contributed by atoms with E-state index in [1.165, 1.54) is 0 Å². The van der Waals surface area contributed by atoms with Gasteiger partial charge in [0, 0.05) is 0 Å². The maximum Gasteiger partial charge on any atom is 0.326 e. The number of carboxylic acids is 1. The van der Waals surface area contributed by atoms with Crippen LogP contribution in [0.25, 0.3) is 0 Å². The Kier molecular flexibility index (Phi) is 1.64. The highest BCUT2D eigenvalue weighted by molar-refractivity contribution is 5.79. The van der Waals surface area contributed by atoms with E-state index in [2.05, 4.69) is 0 Å². The first-order chi connectivity index (χ1) is 4.57. The van der Waals surface area contributed by atoms with Gasteiger partial charge < -0.3 is 10.8 Å². The first-order valence-electron chi connectivity index (χ1n) is 3.24. The second kappa shape index (κ2) is 2.20. The van der Waals surface area contributed by atoms with Crippen LogP contribution in [0.2, 0.25) is 0 Å². The van der Waals surface area contributed by atoms with Crippen molar-refractivity contribution in [2.24, 2.45) is 5.73 Å². The van der Waals surface area contributed by atoms with Crippen molar-refractivity contribution in [1.29, 1.82) is 0 Å². The second-order valence-corrected chi connectivity index (χ2v) is 2.71. The number of carboxylic acid groups (broad SMARTS) is 1. The molecule has 0 heterocycles. The predicted octanol–water partition coefficient (Wildman–Crippen LogP) is 0.290. The van der Waals surface area contributed by atoms with Gasteiger partial charge in [0.25, 0.3) is 0 Å². The van der Waals surface area contributed by atoms with Crippen molar-refractivity contribution < 1.29 is 14.3 Å². The van der Waals surface area contributed by atoms with Crippen molar-refractivity contribution in [2.45, 2.75) is 31.0 Å². The molecule has 1 aliphatic rings. The fraction of sp³-hybridized carbons (Fsp3) is 0.833. The van der Waals surface area contributed by atoms with Crippen molar-refractivity contribution in [3.05, 3.63) is 0 Å². The SMILES string of the molecule is N[C@@]1(C(=O)O)CCC[C@@H]1F. The van der Waals surface area contributed by atoms with Crippen molar-refractivity contribution in [3.63, 3.8) is 0 Å². The van der Waals surface area contributed by atoms with E-state index in [1.54, 1.807) is 0 Å². The Labute approximate surface area is 58.0 Å². The van der Waals surface area contributed by atoms with Crippen LogP contribution in [-0.4, -0.2) is 22.8 Å². The average molecular weight is 147 g/mol. The Bertz CT molecular complexity index is 162. The number of alkyl halides is 1. The zero-order valence-electron chi connectivity index (χ0n) is 5.51. The van der Waals surface area contributed by atoms with Crippen LogP contribution in [0.4, 0.5) is 4.39 Å². The van der Waals surface area contributed by atoms with Crippen LogP contribution >= 0.6 is 0 Å². The molecule has 0 aromatic carbocycles. The van der Waals surface area contributed by atoms with E-state index in [9.17, 15) is 9.18 Å². The van der Waals surface area contributed by atoms with E-state index < -0.39 is 17.7 Å². The molecule has 0 bridgehead atoms. The van der Waals surface area contributed by atoms with Gasteiger partial charge in [0.2, 0.25) is 0 Å². The summed E-state index contributed by atoms with van der Waals surface area (Å²) in [5.74, 6) is -1.22. The lowest BCUT2D eigenvalue weighted by Gasteiger charge is -2.19. The third-order valence-electron chi connectivity index (χ3n) is 2.01. The van der Waals surface area contributed by atoms with Crippen molar-refractivity contribution in [2.75, 3.05) is 0 Å². The third-order valence-corrected chi connectivity index (χ3v) is 2.01. The van der Waals surface area contributed by atoms with Crippen molar-refractivity contribution in [1.82, 2.24) is 0 Å². The standard InChI is InChI=1S/C6H10FNO2/c7-4-2-1-3-6(4,8)5(9)10/h4H,1-3,8H2,(H,9,10)/t4-,6-/m0/s1. The van der Waals surface area contributed by atoms with Crippen LogP contribution in [0.15, 0.2) is 0 Å². The second-order valence-electron chi connectivity index (χ2n) is 2.71. The first-order valence-corrected chi connectivity index (χ1v) is 3.24. The molecule has 0 aliphatic heterocycles. The Hall–Kier alpha value is -0.640. The smallest absolute Gasteiger partial charge is 0.326 e. The zero-order chi connectivity index (χ0) is 7.78. The monoisotopic (exact) mass is 147 g/mol. The van der Waals surface area contributed by atoms with Crippen LogP contribution in [0.5, 0.6) is 0 Å². The molecule has 1 rings (SSSR count). The fourth-order valence-electron chi connectivity index (χ4n) is 1.23. The summed E-state index contributed by atoms with van der Waals surface area (Å²) in [6.07, 6.45) is -0.263. The molecule has 0 saturated heterocycles. The molecule has 2 atom stereocenters. The summed E-state index contributed by atoms with van der Waals surface area (Å²) in [5, 5.41) is 8.48. The third kappa shape index (κ3) is 0.883. The maximum atomic E-state index is 12.7. The lowest BCUT2D eigenvalue weighted by Crippen LogP contribution is -2.52. The van der Waals surface area contributed by atoms with Gasteiger partial charge in [-0.25, -0.2) is 4.39 Å². The molecule has 0 spiro atoms. The van der Waals surface area contributed by atoms with Crippen LogP contribution in [0.1, 0.15) is 19.3 Å². The summed E-state index contributed by atoms with van der Waals surface area (Å²) in [6.45, 7) is 0. The van der Waals surface area contributed by atoms with E-state index in [4.69, 9.17) is 10.8 Å². The van der Waals surface area contributed by atoms with Crippen LogP contribution in [-0.2, 0) is 4.79 Å². The van der Waals surface area contributed by atoms with Gasteiger partial charge in [-0.3, -0.25) is 4.79 Å². The van der Waals surface area contributed by atoms with Gasteiger partial charge in [0.1, 0.15) is 11.7 Å². The van der Waals surface area contributed by atoms with Gasteiger partial charge in [-0.15, -0.1) is 0 Å². The molecule has 0 radical (unpaired) electrons. The van der Waals surface area contributed by atoms with E-state index in [0.29, 0.717) is 6.42 Å². The topological polar surface area (TPSA) is 63.3 Å². The summed E-state index contributed by atoms with van der Waals surface area (Å²) in [4.78, 5) is 10.4. The minimum Gasteiger partial charge on any atom is -0.480 e. The number of hydrogen-bond acceptors (Lipinski definition) is 2. The minimum absolute atomic E-state index is 0.253. The molecule has 3 N–H and O–H groups in total. The molecule has 0 aromatic rings. The van der Waals surface area contributed by atoms with E-state index in [0.717, 1.165) is 0 Å². The fourth-order valence-corrected chi connectivity index (χ4v) is 1.23. The summed E-state index contributed by atoms with van der Waals surface area (Å²) in [6, 6.07) is 0. The van der Waals surface area contributed by atoms with E-state index >= 15 is 0 Å². The summed E-state index contributed by atoms with van der Waals surface area (Å²) in [7, 11) is 0. The summed E-state index contributed by atoms with van der Waals surface area (Å²) >= 11 is 0. The molecular formula is C6H10FNO2. The Morgan fingerprint density at radius 1 is 1.80 bits per heavy atom. The Balaban J connectivity index is 2.75. The molecule has 4 heteroatoms. The largest absolute Gasteiger partial charge is 0.480 e. The van der Waals surface area contributed by atoms with Gasteiger partial charge in [-0.05, 0) is 19.3 Å². The van der Waals surface area contributed by atoms with Crippen molar-refractivity contribution in [3.8, 4) is 0 Å². The van der Waals surface area contributed by atoms with Gasteiger partial charge >= 0.3 is 5.97 Å². The average Bonchev–Trinajstić information content (AvgIpc) is 2.15. The number of halogens is 1. The number of aliphatic carboxylic acids is 1. The molecule has 0 unspecified atom stereocenters. The van der Waals surface area contributed by atoms with Crippen LogP contribution in [0.3, 0.4) is 0 Å². The molecule has 0 amide bonds. The van der Waals surface area contributed by atoms with E-state index in [-0.39, 0.29) is 12.8 Å². The number of rotatable bonds is 1. The number of carbonyl (C=O) groups is 1. The van der Waals surface area contributed by atoms with Crippen LogP contribution < -0.4 is 5.73 Å². The molecule has 3 nitrogen and oxygen atoms in total. The quantitative estimate of drug-likeness (QED) is 0.560. The van der Waals surface area contributed by atoms with Crippen LogP contribution in [0, 0.1) is 0 Å². The molecule has 1 saturated carbocycles. The van der Waals surface area contributed by atoms with Crippen molar-refractivity contribution >= 4 is 5.97 Å². The van der Waals surface area contributed by atoms with Gasteiger partial charge in [-0.2, -0.15) is 0 Å². The van der Waals surface area contributed by atoms with E-state index in [1.807, 2.05) is 0 Å². The highest BCUT2D eigenvalue weighted by atomic mass is 19.1. The minimum atomic E-state index is -1.60. The lowest BCUT2D eigenvalue weighted by molar-refractivity contribution is -0.145. The highest BCUT2D eigenvalue weighted by Gasteiger charge is 2.46. The van der Waals surface area contributed by atoms with Gasteiger partial charge in [0.05, 0.1) is 0 Å². The van der Waals surface area contributed by atoms with Gasteiger partial charge in [-0.1, -0.05) is 0 Å². The maximum absolute atomic E-state index is 12.7. The molecule has 10 heavy (non-hydrogen) atoms. The summed E-state index contributed by atoms with van der Waals surface area (Å²) < 4.78 is 12.7. The molecular weight excluding hydrogens is 137 g/mol. The highest BCUT2D eigenvalue weighted by Crippen LogP contribution is 2.30. The Morgan fingerprint density at radius 2 is 2.40 bits per heavy atom. The molecule has 58 valence electrons. The number of nitrogens with two attached hydrogens (primary N) is 1.